The number of piperidine rings is 3. The third-order valence-corrected chi connectivity index (χ3v) is 6.20. The summed E-state index contributed by atoms with van der Waals surface area (Å²) in [6.07, 6.45) is 2.48. The number of fused-ring (bicyclic) bond motifs is 3. The van der Waals surface area contributed by atoms with Gasteiger partial charge in [-0.3, -0.25) is 0 Å². The van der Waals surface area contributed by atoms with Gasteiger partial charge in [-0.05, 0) is 63.5 Å². The van der Waals surface area contributed by atoms with Crippen molar-refractivity contribution in [1.29, 1.82) is 0 Å². The highest BCUT2D eigenvalue weighted by molar-refractivity contribution is 7.89. The van der Waals surface area contributed by atoms with Crippen molar-refractivity contribution < 1.29 is 8.42 Å². The minimum absolute atomic E-state index is 0.319. The summed E-state index contributed by atoms with van der Waals surface area (Å²) in [5.41, 5.74) is 2.02. The van der Waals surface area contributed by atoms with E-state index in [1.165, 1.54) is 33.0 Å². The van der Waals surface area contributed by atoms with E-state index in [0.717, 1.165) is 17.8 Å². The van der Waals surface area contributed by atoms with E-state index in [1.807, 2.05) is 13.0 Å². The number of sulfonamides is 1. The molecular weight excluding hydrogens is 286 g/mol. The predicted molar refractivity (Wildman–Crippen MR) is 84.0 cm³/mol. The van der Waals surface area contributed by atoms with E-state index in [2.05, 4.69) is 14.9 Å². The maximum atomic E-state index is 11.9. The first-order chi connectivity index (χ1) is 9.99. The SMILES string of the molecule is CNS(=O)(=O)c1ccc(C)c(NC2CN3CCC2CC3)c1. The monoisotopic (exact) mass is 309 g/mol. The minimum atomic E-state index is -3.39. The fourth-order valence-electron chi connectivity index (χ4n) is 3.37. The standard InChI is InChI=1S/C15H23N3O2S/c1-11-3-4-13(21(19,20)16-2)9-14(11)17-15-10-18-7-5-12(15)6-8-18/h3-4,9,12,15-17H,5-8,10H2,1-2H3. The Labute approximate surface area is 126 Å². The minimum Gasteiger partial charge on any atom is -0.380 e. The Bertz CT molecular complexity index is 622. The van der Waals surface area contributed by atoms with Crippen LogP contribution >= 0.6 is 0 Å². The largest absolute Gasteiger partial charge is 0.380 e. The van der Waals surface area contributed by atoms with Crippen molar-refractivity contribution in [2.75, 3.05) is 32.0 Å². The molecule has 2 N–H and O–H groups in total. The Morgan fingerprint density at radius 3 is 2.52 bits per heavy atom. The second-order valence-electron chi connectivity index (χ2n) is 6.07. The zero-order chi connectivity index (χ0) is 15.0. The second kappa shape index (κ2) is 5.59. The molecule has 0 radical (unpaired) electrons. The van der Waals surface area contributed by atoms with Crippen molar-refractivity contribution in [3.05, 3.63) is 23.8 Å². The third-order valence-electron chi connectivity index (χ3n) is 4.79. The number of nitrogens with one attached hydrogen (secondary N) is 2. The summed E-state index contributed by atoms with van der Waals surface area (Å²) < 4.78 is 26.2. The van der Waals surface area contributed by atoms with Crippen LogP contribution in [0, 0.1) is 12.8 Å². The zero-order valence-corrected chi connectivity index (χ0v) is 13.4. The lowest BCUT2D eigenvalue weighted by Gasteiger charge is -2.45. The number of hydrogen-bond acceptors (Lipinski definition) is 4. The van der Waals surface area contributed by atoms with Gasteiger partial charge in [0.2, 0.25) is 10.0 Å². The van der Waals surface area contributed by atoms with E-state index in [1.54, 1.807) is 12.1 Å². The van der Waals surface area contributed by atoms with Gasteiger partial charge in [0.15, 0.2) is 0 Å². The molecule has 5 nitrogen and oxygen atoms in total. The van der Waals surface area contributed by atoms with Crippen LogP contribution in [0.4, 0.5) is 5.69 Å². The van der Waals surface area contributed by atoms with Crippen LogP contribution in [0.25, 0.3) is 0 Å². The van der Waals surface area contributed by atoms with E-state index in [9.17, 15) is 8.42 Å². The van der Waals surface area contributed by atoms with Crippen molar-refractivity contribution in [3.63, 3.8) is 0 Å². The molecule has 2 bridgehead atoms. The Morgan fingerprint density at radius 1 is 1.24 bits per heavy atom. The van der Waals surface area contributed by atoms with Crippen molar-refractivity contribution in [2.45, 2.75) is 30.7 Å². The fraction of sp³-hybridized carbons (Fsp3) is 0.600. The number of benzene rings is 1. The van der Waals surface area contributed by atoms with Gasteiger partial charge in [0.1, 0.15) is 0 Å². The number of hydrogen-bond donors (Lipinski definition) is 2. The van der Waals surface area contributed by atoms with Crippen LogP contribution in [0.15, 0.2) is 23.1 Å². The highest BCUT2D eigenvalue weighted by Crippen LogP contribution is 2.31. The van der Waals surface area contributed by atoms with E-state index < -0.39 is 10.0 Å². The van der Waals surface area contributed by atoms with E-state index in [0.29, 0.717) is 16.9 Å². The summed E-state index contributed by atoms with van der Waals surface area (Å²) in [6, 6.07) is 5.70. The summed E-state index contributed by atoms with van der Waals surface area (Å²) in [6.45, 7) is 5.48. The molecule has 3 heterocycles. The Morgan fingerprint density at radius 2 is 1.95 bits per heavy atom. The van der Waals surface area contributed by atoms with Gasteiger partial charge in [-0.2, -0.15) is 0 Å². The van der Waals surface area contributed by atoms with Crippen LogP contribution < -0.4 is 10.0 Å². The predicted octanol–water partition coefficient (Wildman–Crippen LogP) is 1.41. The van der Waals surface area contributed by atoms with Gasteiger partial charge in [0.05, 0.1) is 4.90 Å². The molecule has 0 spiro atoms. The smallest absolute Gasteiger partial charge is 0.240 e. The average molecular weight is 309 g/mol. The van der Waals surface area contributed by atoms with Crippen LogP contribution in [0.3, 0.4) is 0 Å². The molecule has 3 aliphatic rings. The molecule has 4 rings (SSSR count). The number of anilines is 1. The molecule has 116 valence electrons. The van der Waals surface area contributed by atoms with E-state index in [-0.39, 0.29) is 0 Å². The first-order valence-corrected chi connectivity index (χ1v) is 9.01. The maximum Gasteiger partial charge on any atom is 0.240 e. The summed E-state index contributed by atoms with van der Waals surface area (Å²) in [7, 11) is -1.95. The van der Waals surface area contributed by atoms with Crippen LogP contribution in [0.5, 0.6) is 0 Å². The number of rotatable bonds is 4. The first kappa shape index (κ1) is 14.8. The average Bonchev–Trinajstić information content (AvgIpc) is 2.50. The lowest BCUT2D eigenvalue weighted by molar-refractivity contribution is 0.0975. The highest BCUT2D eigenvalue weighted by Gasteiger charge is 2.34. The molecule has 1 aromatic rings. The Balaban J connectivity index is 1.83. The summed E-state index contributed by atoms with van der Waals surface area (Å²) in [5, 5.41) is 3.58. The van der Waals surface area contributed by atoms with Crippen LogP contribution in [0.1, 0.15) is 18.4 Å². The molecule has 0 aromatic heterocycles. The quantitative estimate of drug-likeness (QED) is 0.883. The van der Waals surface area contributed by atoms with Crippen molar-refractivity contribution in [2.24, 2.45) is 5.92 Å². The van der Waals surface area contributed by atoms with E-state index in [4.69, 9.17) is 0 Å². The molecule has 0 amide bonds. The molecular formula is C15H23N3O2S. The van der Waals surface area contributed by atoms with Gasteiger partial charge in [-0.1, -0.05) is 6.07 Å². The Kier molecular flexibility index (Phi) is 3.94. The van der Waals surface area contributed by atoms with E-state index >= 15 is 0 Å². The van der Waals surface area contributed by atoms with Crippen LogP contribution in [0.2, 0.25) is 0 Å². The third kappa shape index (κ3) is 2.93. The number of aryl methyl sites for hydroxylation is 1. The molecule has 0 saturated carbocycles. The lowest BCUT2D eigenvalue weighted by Crippen LogP contribution is -2.53. The molecule has 3 saturated heterocycles. The molecule has 1 atom stereocenters. The van der Waals surface area contributed by atoms with Crippen molar-refractivity contribution in [1.82, 2.24) is 9.62 Å². The molecule has 1 unspecified atom stereocenters. The molecule has 6 heteroatoms. The van der Waals surface area contributed by atoms with Gasteiger partial charge in [0.25, 0.3) is 0 Å². The second-order valence-corrected chi connectivity index (χ2v) is 7.96. The Hall–Kier alpha value is -1.11. The molecule has 3 fully saturated rings. The molecule has 3 aliphatic heterocycles. The van der Waals surface area contributed by atoms with Crippen molar-refractivity contribution in [3.8, 4) is 0 Å². The van der Waals surface area contributed by atoms with Crippen LogP contribution in [-0.2, 0) is 10.0 Å². The van der Waals surface area contributed by atoms with Gasteiger partial charge < -0.3 is 10.2 Å². The highest BCUT2D eigenvalue weighted by atomic mass is 32.2. The summed E-state index contributed by atoms with van der Waals surface area (Å²) >= 11 is 0. The van der Waals surface area contributed by atoms with Gasteiger partial charge in [0, 0.05) is 18.3 Å². The van der Waals surface area contributed by atoms with Crippen molar-refractivity contribution >= 4 is 15.7 Å². The normalized spacial score (nSPS) is 28.6. The van der Waals surface area contributed by atoms with Gasteiger partial charge in [-0.15, -0.1) is 0 Å². The molecule has 1 aromatic carbocycles. The molecule has 21 heavy (non-hydrogen) atoms. The van der Waals surface area contributed by atoms with Gasteiger partial charge >= 0.3 is 0 Å². The maximum absolute atomic E-state index is 11.9. The fourth-order valence-corrected chi connectivity index (χ4v) is 4.13. The summed E-state index contributed by atoms with van der Waals surface area (Å²) in [4.78, 5) is 2.81. The topological polar surface area (TPSA) is 61.4 Å². The first-order valence-electron chi connectivity index (χ1n) is 7.53. The molecule has 0 aliphatic carbocycles. The van der Waals surface area contributed by atoms with Gasteiger partial charge in [-0.25, -0.2) is 13.1 Å². The van der Waals surface area contributed by atoms with Crippen LogP contribution in [-0.4, -0.2) is 46.0 Å². The number of nitrogens with zero attached hydrogens (tertiary/aromatic N) is 1. The lowest BCUT2D eigenvalue weighted by atomic mass is 9.84. The zero-order valence-electron chi connectivity index (χ0n) is 12.6. The summed E-state index contributed by atoms with van der Waals surface area (Å²) in [5.74, 6) is 0.707.